The summed E-state index contributed by atoms with van der Waals surface area (Å²) in [5.74, 6) is -1.15. The van der Waals surface area contributed by atoms with E-state index < -0.39 is 28.7 Å². The summed E-state index contributed by atoms with van der Waals surface area (Å²) in [7, 11) is 4.08. The van der Waals surface area contributed by atoms with Crippen molar-refractivity contribution in [1.82, 2.24) is 24.2 Å². The lowest BCUT2D eigenvalue weighted by atomic mass is 9.98. The average molecular weight is 641 g/mol. The summed E-state index contributed by atoms with van der Waals surface area (Å²) in [6.07, 6.45) is 1.35. The zero-order valence-corrected chi connectivity index (χ0v) is 25.4. The molecule has 1 atom stereocenters. The Bertz CT molecular complexity index is 1960. The van der Waals surface area contributed by atoms with Crippen molar-refractivity contribution in [2.45, 2.75) is 25.0 Å². The van der Waals surface area contributed by atoms with Crippen molar-refractivity contribution < 1.29 is 19.0 Å². The van der Waals surface area contributed by atoms with Crippen LogP contribution >= 0.6 is 23.2 Å². The van der Waals surface area contributed by atoms with E-state index in [0.29, 0.717) is 30.2 Å². The molecule has 4 aromatic rings. The van der Waals surface area contributed by atoms with Gasteiger partial charge in [-0.25, -0.2) is 18.9 Å². The highest BCUT2D eigenvalue weighted by atomic mass is 35.5. The number of benzene rings is 2. The lowest BCUT2D eigenvalue weighted by molar-refractivity contribution is -0.0256. The molecule has 0 radical (unpaired) electrons. The van der Waals surface area contributed by atoms with E-state index >= 15 is 4.39 Å². The van der Waals surface area contributed by atoms with Crippen LogP contribution in [-0.2, 0) is 20.5 Å². The minimum atomic E-state index is -0.930. The van der Waals surface area contributed by atoms with Crippen molar-refractivity contribution in [3.63, 3.8) is 0 Å². The van der Waals surface area contributed by atoms with Gasteiger partial charge < -0.3 is 15.2 Å². The maximum Gasteiger partial charge on any atom is 0.346 e. The van der Waals surface area contributed by atoms with Gasteiger partial charge in [0.2, 0.25) is 11.6 Å². The predicted molar refractivity (Wildman–Crippen MR) is 163 cm³/mol. The van der Waals surface area contributed by atoms with Crippen molar-refractivity contribution >= 4 is 34.8 Å². The Kier molecular flexibility index (Phi) is 7.78. The summed E-state index contributed by atoms with van der Waals surface area (Å²) < 4.78 is 22.7. The molecule has 2 N–H and O–H groups in total. The number of amides is 1. The van der Waals surface area contributed by atoms with Crippen LogP contribution in [0.4, 0.5) is 10.1 Å². The van der Waals surface area contributed by atoms with Crippen LogP contribution in [0.5, 0.6) is 5.88 Å². The summed E-state index contributed by atoms with van der Waals surface area (Å²) >= 11 is 13.6. The highest BCUT2D eigenvalue weighted by Crippen LogP contribution is 2.46. The van der Waals surface area contributed by atoms with Gasteiger partial charge in [0.15, 0.2) is 0 Å². The monoisotopic (exact) mass is 640 g/mol. The number of methoxy groups -OCH3 is 1. The van der Waals surface area contributed by atoms with Gasteiger partial charge in [0.25, 0.3) is 11.5 Å². The van der Waals surface area contributed by atoms with Crippen LogP contribution in [0.1, 0.15) is 34.1 Å². The van der Waals surface area contributed by atoms with E-state index in [0.717, 1.165) is 39.3 Å². The number of aromatic nitrogens is 4. The first-order valence-corrected chi connectivity index (χ1v) is 14.5. The number of fused-ring (bicyclic) bond motifs is 1. The molecule has 0 spiro atoms. The lowest BCUT2D eigenvalue weighted by Gasteiger charge is -2.40. The Morgan fingerprint density at radius 3 is 2.55 bits per heavy atom. The summed E-state index contributed by atoms with van der Waals surface area (Å²) in [5, 5.41) is 16.1. The molecular formula is C30H27Cl2FN6O5. The molecule has 44 heavy (non-hydrogen) atoms. The number of ether oxygens (including phenoxy) is 1. The summed E-state index contributed by atoms with van der Waals surface area (Å²) in [4.78, 5) is 44.4. The Hall–Kier alpha value is -4.10. The number of hydrogen-bond donors (Lipinski definition) is 2. The van der Waals surface area contributed by atoms with Crippen LogP contribution in [0.25, 0.3) is 22.4 Å². The molecule has 14 heteroatoms. The number of pyridine rings is 1. The molecule has 0 saturated carbocycles. The number of nitrogens with zero attached hydrogens (tertiary/aromatic N) is 5. The number of carbonyl (C=O) groups excluding carboxylic acids is 1. The molecular weight excluding hydrogens is 614 g/mol. The third-order valence-corrected chi connectivity index (χ3v) is 8.87. The van der Waals surface area contributed by atoms with Crippen molar-refractivity contribution in [2.24, 2.45) is 14.1 Å². The molecule has 1 unspecified atom stereocenters. The van der Waals surface area contributed by atoms with Crippen molar-refractivity contribution in [1.29, 1.82) is 0 Å². The van der Waals surface area contributed by atoms with Gasteiger partial charge in [0.1, 0.15) is 5.82 Å². The molecule has 2 aliphatic rings. The van der Waals surface area contributed by atoms with Crippen LogP contribution in [0, 0.1) is 5.82 Å². The molecule has 228 valence electrons. The predicted octanol–water partition coefficient (Wildman–Crippen LogP) is 3.58. The fourth-order valence-electron chi connectivity index (χ4n) is 5.82. The van der Waals surface area contributed by atoms with Gasteiger partial charge in [-0.05, 0) is 36.6 Å². The van der Waals surface area contributed by atoms with Gasteiger partial charge in [-0.2, -0.15) is 5.10 Å². The van der Waals surface area contributed by atoms with E-state index in [4.69, 9.17) is 32.9 Å². The Morgan fingerprint density at radius 1 is 1.11 bits per heavy atom. The number of hydrogen-bond acceptors (Lipinski definition) is 8. The van der Waals surface area contributed by atoms with Gasteiger partial charge >= 0.3 is 5.69 Å². The first kappa shape index (κ1) is 29.9. The number of aliphatic hydroxyl groups excluding tert-OH is 1. The van der Waals surface area contributed by atoms with E-state index in [1.165, 1.54) is 20.2 Å². The quantitative estimate of drug-likeness (QED) is 0.327. The van der Waals surface area contributed by atoms with Crippen LogP contribution < -0.4 is 21.3 Å². The number of aryl methyl sites for hydroxylation is 2. The molecule has 1 aliphatic carbocycles. The molecule has 1 fully saturated rings. The van der Waals surface area contributed by atoms with Gasteiger partial charge in [0, 0.05) is 55.5 Å². The van der Waals surface area contributed by atoms with E-state index in [-0.39, 0.29) is 39.0 Å². The normalized spacial score (nSPS) is 16.5. The van der Waals surface area contributed by atoms with Crippen molar-refractivity contribution in [3.05, 3.63) is 89.9 Å². The lowest BCUT2D eigenvalue weighted by Crippen LogP contribution is -2.51. The van der Waals surface area contributed by atoms with Gasteiger partial charge in [-0.1, -0.05) is 41.4 Å². The van der Waals surface area contributed by atoms with Crippen LogP contribution in [0.3, 0.4) is 0 Å². The highest BCUT2D eigenvalue weighted by Gasteiger charge is 2.38. The fraction of sp³-hybridized carbons (Fsp3) is 0.300. The second-order valence-electron chi connectivity index (χ2n) is 10.8. The number of aliphatic hydroxyl groups is 1. The number of carbonyl (C=O) groups is 1. The molecule has 1 saturated heterocycles. The largest absolute Gasteiger partial charge is 0.481 e. The van der Waals surface area contributed by atoms with E-state index in [2.05, 4.69) is 15.3 Å². The number of nitrogens with one attached hydrogen (secondary N) is 1. The van der Waals surface area contributed by atoms with E-state index in [1.54, 1.807) is 25.3 Å². The molecule has 0 bridgehead atoms. The van der Waals surface area contributed by atoms with Crippen molar-refractivity contribution in [3.8, 4) is 28.3 Å². The van der Waals surface area contributed by atoms with Crippen molar-refractivity contribution in [2.75, 3.05) is 25.5 Å². The van der Waals surface area contributed by atoms with Gasteiger partial charge in [-0.3, -0.25) is 19.1 Å². The van der Waals surface area contributed by atoms with Crippen LogP contribution in [0.15, 0.2) is 46.0 Å². The SMILES string of the molecule is COc1nc(-c2cccc(-c3c(F)ccc(NC(=O)c4nn(C)c(=O)n(C)c4=O)c3Cl)c2Cl)cc2c1C(N1CC(O)C1)CC2. The first-order valence-electron chi connectivity index (χ1n) is 13.7. The summed E-state index contributed by atoms with van der Waals surface area (Å²) in [6, 6.07) is 9.49. The topological polar surface area (TPSA) is 132 Å². The zero-order chi connectivity index (χ0) is 31.4. The smallest absolute Gasteiger partial charge is 0.346 e. The maximum atomic E-state index is 15.4. The van der Waals surface area contributed by atoms with E-state index in [9.17, 15) is 19.5 Å². The Morgan fingerprint density at radius 2 is 1.84 bits per heavy atom. The average Bonchev–Trinajstić information content (AvgIpc) is 3.41. The maximum absolute atomic E-state index is 15.4. The minimum absolute atomic E-state index is 0.00622. The third-order valence-electron chi connectivity index (χ3n) is 8.07. The molecule has 2 aromatic heterocycles. The Balaban J connectivity index is 1.37. The fourth-order valence-corrected chi connectivity index (χ4v) is 6.44. The first-order chi connectivity index (χ1) is 21.0. The second-order valence-corrected chi connectivity index (χ2v) is 11.5. The molecule has 3 heterocycles. The Labute approximate surface area is 260 Å². The minimum Gasteiger partial charge on any atom is -0.481 e. The van der Waals surface area contributed by atoms with Crippen LogP contribution in [0.2, 0.25) is 10.0 Å². The van der Waals surface area contributed by atoms with Gasteiger partial charge in [0.05, 0.1) is 34.6 Å². The molecule has 2 aromatic carbocycles. The van der Waals surface area contributed by atoms with Gasteiger partial charge in [-0.15, -0.1) is 0 Å². The molecule has 1 amide bonds. The standard InChI is InChI=1S/C30H27Cl2FN6O5/c1-37-29(42)26(36-38(2)30(37)43)27(41)34-19-9-8-18(33)23(25(19)32)17-6-4-5-16(24(17)31)20-11-14-7-10-21(39-12-15(40)13-39)22(14)28(35-20)44-3/h4-6,8-9,11,15,21,40H,7,10,12-13H2,1-3H3,(H,34,41). The highest BCUT2D eigenvalue weighted by molar-refractivity contribution is 6.39. The summed E-state index contributed by atoms with van der Waals surface area (Å²) in [6.45, 7) is 1.21. The second kappa shape index (κ2) is 11.4. The van der Waals surface area contributed by atoms with E-state index in [1.807, 2.05) is 6.07 Å². The number of β-amino-alcohol motifs (C(OH)–C–C–N with tert-alkyl or cyclic N) is 1. The summed E-state index contributed by atoms with van der Waals surface area (Å²) in [5.41, 5.74) is 1.18. The number of halogens is 3. The van der Waals surface area contributed by atoms with Crippen LogP contribution in [-0.4, -0.2) is 61.5 Å². The number of rotatable bonds is 6. The molecule has 11 nitrogen and oxygen atoms in total. The number of likely N-dealkylation sites (tertiary alicyclic amines) is 1. The molecule has 1 aliphatic heterocycles. The molecule has 6 rings (SSSR count). The third kappa shape index (κ3) is 4.97. The zero-order valence-electron chi connectivity index (χ0n) is 23.9. The number of anilines is 1.